The molecule has 0 fully saturated rings. The van der Waals surface area contributed by atoms with Crippen LogP contribution in [0.25, 0.3) is 49.7 Å². The summed E-state index contributed by atoms with van der Waals surface area (Å²) in [4.78, 5) is 29.7. The van der Waals surface area contributed by atoms with Crippen LogP contribution in [0, 0.1) is 0 Å². The number of aromatic amines is 1. The average molecular weight is 568 g/mol. The fourth-order valence-electron chi connectivity index (χ4n) is 5.26. The molecule has 0 spiro atoms. The molecule has 6 nitrogen and oxygen atoms in total. The highest BCUT2D eigenvalue weighted by Gasteiger charge is 2.21. The molecule has 0 saturated carbocycles. The fourth-order valence-corrected chi connectivity index (χ4v) is 5.61. The summed E-state index contributed by atoms with van der Waals surface area (Å²) in [5.41, 5.74) is 4.93. The Balaban J connectivity index is 1.60. The number of fused-ring (bicyclic) bond motifs is 2. The molecule has 40 heavy (non-hydrogen) atoms. The topological polar surface area (TPSA) is 76.1 Å². The largest absolute Gasteiger partial charge is 0.491 e. The van der Waals surface area contributed by atoms with Crippen LogP contribution in [0.15, 0.2) is 101 Å². The van der Waals surface area contributed by atoms with E-state index in [0.29, 0.717) is 38.0 Å². The van der Waals surface area contributed by atoms with E-state index in [1.54, 1.807) is 29.8 Å². The Morgan fingerprint density at radius 3 is 2.10 bits per heavy atom. The molecule has 0 aliphatic rings. The standard InChI is InChI=1S/C32H23Cl2N3O3/c1-35-29-27(23-16-20(33)10-14-25(23)36-31(29)38)19-8-12-22(13-9-19)37-26-15-11-21(34)17-24(26)28(30(40-2)32(37)39)18-6-4-3-5-7-18/h3-17,35H,1-2H3,(H,36,38). The summed E-state index contributed by atoms with van der Waals surface area (Å²) in [7, 11) is 3.20. The lowest BCUT2D eigenvalue weighted by Gasteiger charge is -2.18. The first kappa shape index (κ1) is 25.7. The molecule has 0 amide bonds. The summed E-state index contributed by atoms with van der Waals surface area (Å²) in [6.07, 6.45) is 0. The Labute approximate surface area is 239 Å². The van der Waals surface area contributed by atoms with Crippen molar-refractivity contribution in [2.75, 3.05) is 19.5 Å². The van der Waals surface area contributed by atoms with Gasteiger partial charge in [-0.2, -0.15) is 0 Å². The number of halogens is 2. The average Bonchev–Trinajstić information content (AvgIpc) is 2.97. The second-order valence-electron chi connectivity index (χ2n) is 9.27. The first-order chi connectivity index (χ1) is 19.4. The maximum atomic E-state index is 13.9. The molecular weight excluding hydrogens is 545 g/mol. The molecular formula is C32H23Cl2N3O3. The number of ether oxygens (including phenoxy) is 1. The monoisotopic (exact) mass is 567 g/mol. The van der Waals surface area contributed by atoms with Crippen molar-refractivity contribution >= 4 is 50.7 Å². The van der Waals surface area contributed by atoms with Crippen LogP contribution in [0.3, 0.4) is 0 Å². The molecule has 8 heteroatoms. The number of anilines is 1. The molecule has 2 heterocycles. The van der Waals surface area contributed by atoms with Crippen molar-refractivity contribution in [1.29, 1.82) is 0 Å². The van der Waals surface area contributed by atoms with Gasteiger partial charge in [0, 0.05) is 50.2 Å². The van der Waals surface area contributed by atoms with Gasteiger partial charge in [0.2, 0.25) is 0 Å². The predicted octanol–water partition coefficient (Wildman–Crippen LogP) is 7.52. The third-order valence-corrected chi connectivity index (χ3v) is 7.47. The number of nitrogens with one attached hydrogen (secondary N) is 2. The van der Waals surface area contributed by atoms with Gasteiger partial charge in [0.05, 0.1) is 12.6 Å². The van der Waals surface area contributed by atoms with Gasteiger partial charge in [0.15, 0.2) is 5.75 Å². The lowest BCUT2D eigenvalue weighted by atomic mass is 9.98. The van der Waals surface area contributed by atoms with Crippen LogP contribution < -0.4 is 21.2 Å². The van der Waals surface area contributed by atoms with Crippen molar-refractivity contribution in [3.05, 3.63) is 122 Å². The Hall–Kier alpha value is -4.52. The van der Waals surface area contributed by atoms with Crippen molar-refractivity contribution in [3.63, 3.8) is 0 Å². The molecule has 0 saturated heterocycles. The number of aromatic nitrogens is 2. The van der Waals surface area contributed by atoms with Crippen molar-refractivity contribution in [2.45, 2.75) is 0 Å². The number of hydrogen-bond donors (Lipinski definition) is 2. The molecule has 0 aliphatic heterocycles. The minimum Gasteiger partial charge on any atom is -0.491 e. The third kappa shape index (κ3) is 4.22. The van der Waals surface area contributed by atoms with E-state index in [0.717, 1.165) is 27.5 Å². The van der Waals surface area contributed by atoms with Crippen molar-refractivity contribution in [2.24, 2.45) is 0 Å². The van der Waals surface area contributed by atoms with E-state index in [-0.39, 0.29) is 16.9 Å². The van der Waals surface area contributed by atoms with Gasteiger partial charge < -0.3 is 15.0 Å². The molecule has 0 radical (unpaired) electrons. The van der Waals surface area contributed by atoms with Crippen LogP contribution in [0.2, 0.25) is 10.0 Å². The number of methoxy groups -OCH3 is 1. The highest BCUT2D eigenvalue weighted by atomic mass is 35.5. The number of nitrogens with zero attached hydrogens (tertiary/aromatic N) is 1. The fraction of sp³-hybridized carbons (Fsp3) is 0.0625. The van der Waals surface area contributed by atoms with Crippen LogP contribution in [-0.4, -0.2) is 23.7 Å². The van der Waals surface area contributed by atoms with E-state index in [1.807, 2.05) is 72.8 Å². The van der Waals surface area contributed by atoms with E-state index in [1.165, 1.54) is 7.11 Å². The van der Waals surface area contributed by atoms with E-state index in [2.05, 4.69) is 10.3 Å². The van der Waals surface area contributed by atoms with Gasteiger partial charge in [0.25, 0.3) is 11.1 Å². The van der Waals surface area contributed by atoms with Gasteiger partial charge >= 0.3 is 0 Å². The number of H-pyrrole nitrogens is 1. The number of benzene rings is 4. The maximum Gasteiger partial charge on any atom is 0.298 e. The second kappa shape index (κ2) is 10.2. The predicted molar refractivity (Wildman–Crippen MR) is 165 cm³/mol. The number of rotatable bonds is 5. The molecule has 0 bridgehead atoms. The lowest BCUT2D eigenvalue weighted by molar-refractivity contribution is 0.409. The number of pyridine rings is 2. The van der Waals surface area contributed by atoms with Crippen LogP contribution >= 0.6 is 23.2 Å². The first-order valence-electron chi connectivity index (χ1n) is 12.5. The zero-order valence-corrected chi connectivity index (χ0v) is 23.1. The summed E-state index contributed by atoms with van der Waals surface area (Å²) in [5.74, 6) is 0.220. The third-order valence-electron chi connectivity index (χ3n) is 7.00. The van der Waals surface area contributed by atoms with E-state index in [9.17, 15) is 9.59 Å². The van der Waals surface area contributed by atoms with Crippen LogP contribution in [0.1, 0.15) is 0 Å². The lowest BCUT2D eigenvalue weighted by Crippen LogP contribution is -2.21. The van der Waals surface area contributed by atoms with Crippen molar-refractivity contribution in [3.8, 4) is 33.7 Å². The Morgan fingerprint density at radius 1 is 0.775 bits per heavy atom. The Kier molecular flexibility index (Phi) is 6.58. The smallest absolute Gasteiger partial charge is 0.298 e. The molecule has 2 aromatic heterocycles. The minimum absolute atomic E-state index is 0.220. The molecule has 0 aliphatic carbocycles. The Morgan fingerprint density at radius 2 is 1.43 bits per heavy atom. The molecule has 6 aromatic rings. The molecule has 2 N–H and O–H groups in total. The highest BCUT2D eigenvalue weighted by molar-refractivity contribution is 6.32. The summed E-state index contributed by atoms with van der Waals surface area (Å²) >= 11 is 12.7. The van der Waals surface area contributed by atoms with Gasteiger partial charge in [-0.3, -0.25) is 14.2 Å². The molecule has 4 aromatic carbocycles. The summed E-state index contributed by atoms with van der Waals surface area (Å²) in [6.45, 7) is 0. The SMILES string of the molecule is CNc1c(-c2ccc(-n3c(=O)c(OC)c(-c4ccccc4)c4cc(Cl)ccc43)cc2)c2cc(Cl)ccc2[nH]c1=O. The zero-order chi connectivity index (χ0) is 28.0. The summed E-state index contributed by atoms with van der Waals surface area (Å²) in [6, 6.07) is 27.9. The van der Waals surface area contributed by atoms with Crippen LogP contribution in [0.5, 0.6) is 5.75 Å². The van der Waals surface area contributed by atoms with Gasteiger partial charge in [-0.05, 0) is 59.7 Å². The maximum absolute atomic E-state index is 13.9. The van der Waals surface area contributed by atoms with E-state index >= 15 is 0 Å². The first-order valence-corrected chi connectivity index (χ1v) is 13.3. The van der Waals surface area contributed by atoms with Gasteiger partial charge in [-0.25, -0.2) is 0 Å². The minimum atomic E-state index is -0.298. The molecule has 6 rings (SSSR count). The van der Waals surface area contributed by atoms with Crippen molar-refractivity contribution < 1.29 is 4.74 Å². The van der Waals surface area contributed by atoms with Crippen molar-refractivity contribution in [1.82, 2.24) is 9.55 Å². The van der Waals surface area contributed by atoms with Gasteiger partial charge in [0.1, 0.15) is 5.69 Å². The Bertz CT molecular complexity index is 2030. The van der Waals surface area contributed by atoms with Crippen LogP contribution in [-0.2, 0) is 0 Å². The second-order valence-corrected chi connectivity index (χ2v) is 10.1. The highest BCUT2D eigenvalue weighted by Crippen LogP contribution is 2.38. The molecule has 198 valence electrons. The van der Waals surface area contributed by atoms with Crippen LogP contribution in [0.4, 0.5) is 5.69 Å². The number of hydrogen-bond acceptors (Lipinski definition) is 4. The van der Waals surface area contributed by atoms with Gasteiger partial charge in [-0.15, -0.1) is 0 Å². The van der Waals surface area contributed by atoms with Gasteiger partial charge in [-0.1, -0.05) is 65.7 Å². The molecule has 0 unspecified atom stereocenters. The zero-order valence-electron chi connectivity index (χ0n) is 21.6. The quantitative estimate of drug-likeness (QED) is 0.226. The summed E-state index contributed by atoms with van der Waals surface area (Å²) < 4.78 is 7.32. The summed E-state index contributed by atoms with van der Waals surface area (Å²) in [5, 5.41) is 5.72. The van der Waals surface area contributed by atoms with E-state index in [4.69, 9.17) is 27.9 Å². The normalized spacial score (nSPS) is 11.2. The molecule has 0 atom stereocenters. The van der Waals surface area contributed by atoms with E-state index < -0.39 is 0 Å².